The predicted octanol–water partition coefficient (Wildman–Crippen LogP) is 1.82. The molecule has 0 aliphatic heterocycles. The number of nitrogens with two attached hydrogens (primary N) is 1. The SMILES string of the molecule is C=C(C)CN=C(N)NCC1CC=CCC1. The zero-order valence-electron chi connectivity index (χ0n) is 9.50. The van der Waals surface area contributed by atoms with E-state index in [1.165, 1.54) is 12.8 Å². The first-order chi connectivity index (χ1) is 7.18. The van der Waals surface area contributed by atoms with Crippen molar-refractivity contribution >= 4 is 5.96 Å². The van der Waals surface area contributed by atoms with Crippen LogP contribution in [-0.2, 0) is 0 Å². The van der Waals surface area contributed by atoms with Gasteiger partial charge in [-0.1, -0.05) is 24.3 Å². The molecule has 3 heteroatoms. The summed E-state index contributed by atoms with van der Waals surface area (Å²) in [6.07, 6.45) is 8.08. The summed E-state index contributed by atoms with van der Waals surface area (Å²) in [5.41, 5.74) is 6.75. The Bertz CT molecular complexity index is 266. The molecule has 1 rings (SSSR count). The van der Waals surface area contributed by atoms with Crippen LogP contribution in [0.5, 0.6) is 0 Å². The van der Waals surface area contributed by atoms with Crippen molar-refractivity contribution in [1.29, 1.82) is 0 Å². The number of hydrogen-bond acceptors (Lipinski definition) is 1. The van der Waals surface area contributed by atoms with E-state index in [2.05, 4.69) is 29.0 Å². The van der Waals surface area contributed by atoms with Crippen LogP contribution in [0.1, 0.15) is 26.2 Å². The van der Waals surface area contributed by atoms with Gasteiger partial charge < -0.3 is 11.1 Å². The summed E-state index contributed by atoms with van der Waals surface area (Å²) in [4.78, 5) is 4.17. The van der Waals surface area contributed by atoms with Crippen LogP contribution in [0.4, 0.5) is 0 Å². The van der Waals surface area contributed by atoms with Gasteiger partial charge in [-0.15, -0.1) is 0 Å². The van der Waals surface area contributed by atoms with E-state index < -0.39 is 0 Å². The van der Waals surface area contributed by atoms with Crippen molar-refractivity contribution in [2.75, 3.05) is 13.1 Å². The lowest BCUT2D eigenvalue weighted by Crippen LogP contribution is -2.35. The van der Waals surface area contributed by atoms with E-state index in [4.69, 9.17) is 5.73 Å². The molecule has 3 nitrogen and oxygen atoms in total. The molecule has 0 amide bonds. The van der Waals surface area contributed by atoms with Gasteiger partial charge in [-0.2, -0.15) is 0 Å². The van der Waals surface area contributed by atoms with Crippen molar-refractivity contribution in [2.45, 2.75) is 26.2 Å². The fourth-order valence-corrected chi connectivity index (χ4v) is 1.57. The van der Waals surface area contributed by atoms with Gasteiger partial charge >= 0.3 is 0 Å². The first-order valence-corrected chi connectivity index (χ1v) is 5.51. The van der Waals surface area contributed by atoms with Crippen molar-refractivity contribution in [2.24, 2.45) is 16.6 Å². The van der Waals surface area contributed by atoms with Gasteiger partial charge in [-0.05, 0) is 32.1 Å². The molecule has 0 spiro atoms. The van der Waals surface area contributed by atoms with Gasteiger partial charge in [-0.25, -0.2) is 4.99 Å². The third-order valence-corrected chi connectivity index (χ3v) is 2.47. The minimum Gasteiger partial charge on any atom is -0.370 e. The molecule has 0 aromatic carbocycles. The van der Waals surface area contributed by atoms with Crippen LogP contribution in [0, 0.1) is 5.92 Å². The quantitative estimate of drug-likeness (QED) is 0.420. The average molecular weight is 207 g/mol. The first-order valence-electron chi connectivity index (χ1n) is 5.51. The molecule has 0 heterocycles. The van der Waals surface area contributed by atoms with Gasteiger partial charge in [0.2, 0.25) is 0 Å². The summed E-state index contributed by atoms with van der Waals surface area (Å²) in [5, 5.41) is 3.16. The molecule has 0 radical (unpaired) electrons. The molecule has 1 unspecified atom stereocenters. The summed E-state index contributed by atoms with van der Waals surface area (Å²) in [5.74, 6) is 1.24. The second-order valence-electron chi connectivity index (χ2n) is 4.19. The molecule has 84 valence electrons. The highest BCUT2D eigenvalue weighted by molar-refractivity contribution is 5.77. The van der Waals surface area contributed by atoms with Gasteiger partial charge in [0.05, 0.1) is 6.54 Å². The van der Waals surface area contributed by atoms with Crippen LogP contribution in [0.15, 0.2) is 29.3 Å². The molecule has 0 fully saturated rings. The molecule has 1 atom stereocenters. The Labute approximate surface area is 92.2 Å². The van der Waals surface area contributed by atoms with E-state index in [1.54, 1.807) is 0 Å². The molecule has 0 saturated heterocycles. The second-order valence-corrected chi connectivity index (χ2v) is 4.19. The lowest BCUT2D eigenvalue weighted by Gasteiger charge is -2.18. The zero-order valence-corrected chi connectivity index (χ0v) is 9.50. The smallest absolute Gasteiger partial charge is 0.188 e. The number of aliphatic imine (C=N–C) groups is 1. The van der Waals surface area contributed by atoms with Crippen molar-refractivity contribution in [1.82, 2.24) is 5.32 Å². The third-order valence-electron chi connectivity index (χ3n) is 2.47. The maximum Gasteiger partial charge on any atom is 0.188 e. The van der Waals surface area contributed by atoms with E-state index in [1.807, 2.05) is 6.92 Å². The summed E-state index contributed by atoms with van der Waals surface area (Å²) >= 11 is 0. The van der Waals surface area contributed by atoms with Gasteiger partial charge in [0.15, 0.2) is 5.96 Å². The molecule has 1 aliphatic rings. The second kappa shape index (κ2) is 6.27. The van der Waals surface area contributed by atoms with Gasteiger partial charge in [0.1, 0.15) is 0 Å². The number of rotatable bonds is 4. The van der Waals surface area contributed by atoms with Crippen molar-refractivity contribution in [3.05, 3.63) is 24.3 Å². The Morgan fingerprint density at radius 3 is 3.00 bits per heavy atom. The van der Waals surface area contributed by atoms with Crippen LogP contribution in [0.3, 0.4) is 0 Å². The van der Waals surface area contributed by atoms with Crippen LogP contribution < -0.4 is 11.1 Å². The van der Waals surface area contributed by atoms with Crippen LogP contribution >= 0.6 is 0 Å². The predicted molar refractivity (Wildman–Crippen MR) is 65.8 cm³/mol. The Kier molecular flexibility index (Phi) is 4.95. The summed E-state index contributed by atoms with van der Waals surface area (Å²) in [6.45, 7) is 7.27. The standard InChI is InChI=1S/C12H21N3/c1-10(2)8-14-12(13)15-9-11-6-4-3-5-7-11/h3-4,11H,1,5-9H2,2H3,(H3,13,14,15). The Hall–Kier alpha value is -1.25. The number of nitrogens with one attached hydrogen (secondary N) is 1. The normalized spacial score (nSPS) is 21.4. The molecular formula is C12H21N3. The summed E-state index contributed by atoms with van der Waals surface area (Å²) < 4.78 is 0. The summed E-state index contributed by atoms with van der Waals surface area (Å²) in [6, 6.07) is 0. The van der Waals surface area contributed by atoms with E-state index >= 15 is 0 Å². The highest BCUT2D eigenvalue weighted by Crippen LogP contribution is 2.16. The highest BCUT2D eigenvalue weighted by atomic mass is 15.1. The van der Waals surface area contributed by atoms with E-state index in [9.17, 15) is 0 Å². The maximum atomic E-state index is 5.72. The minimum atomic E-state index is 0.535. The molecule has 0 saturated carbocycles. The Morgan fingerprint density at radius 1 is 1.60 bits per heavy atom. The average Bonchev–Trinajstić information content (AvgIpc) is 2.25. The van der Waals surface area contributed by atoms with Crippen LogP contribution in [-0.4, -0.2) is 19.0 Å². The van der Waals surface area contributed by atoms with Crippen LogP contribution in [0.2, 0.25) is 0 Å². The van der Waals surface area contributed by atoms with E-state index in [0.29, 0.717) is 18.4 Å². The topological polar surface area (TPSA) is 50.4 Å². The monoisotopic (exact) mass is 207 g/mol. The lowest BCUT2D eigenvalue weighted by atomic mass is 9.94. The largest absolute Gasteiger partial charge is 0.370 e. The fraction of sp³-hybridized carbons (Fsp3) is 0.583. The van der Waals surface area contributed by atoms with Crippen molar-refractivity contribution in [3.63, 3.8) is 0 Å². The lowest BCUT2D eigenvalue weighted by molar-refractivity contribution is 0.471. The molecule has 3 N–H and O–H groups in total. The first kappa shape index (κ1) is 11.8. The maximum absolute atomic E-state index is 5.72. The molecule has 1 aliphatic carbocycles. The van der Waals surface area contributed by atoms with E-state index in [0.717, 1.165) is 18.5 Å². The number of guanidine groups is 1. The summed E-state index contributed by atoms with van der Waals surface area (Å²) in [7, 11) is 0. The highest BCUT2D eigenvalue weighted by Gasteiger charge is 2.09. The molecule has 15 heavy (non-hydrogen) atoms. The molecule has 0 bridgehead atoms. The fourth-order valence-electron chi connectivity index (χ4n) is 1.57. The van der Waals surface area contributed by atoms with Gasteiger partial charge in [0.25, 0.3) is 0 Å². The van der Waals surface area contributed by atoms with Gasteiger partial charge in [0, 0.05) is 6.54 Å². The number of hydrogen-bond donors (Lipinski definition) is 2. The molecule has 0 aromatic heterocycles. The van der Waals surface area contributed by atoms with Crippen molar-refractivity contribution in [3.8, 4) is 0 Å². The van der Waals surface area contributed by atoms with E-state index in [-0.39, 0.29) is 0 Å². The Morgan fingerprint density at radius 2 is 2.40 bits per heavy atom. The zero-order chi connectivity index (χ0) is 11.1. The minimum absolute atomic E-state index is 0.535. The molecular weight excluding hydrogens is 186 g/mol. The number of allylic oxidation sites excluding steroid dienone is 2. The van der Waals surface area contributed by atoms with Crippen LogP contribution in [0.25, 0.3) is 0 Å². The Balaban J connectivity index is 2.20. The third kappa shape index (κ3) is 5.25. The van der Waals surface area contributed by atoms with Gasteiger partial charge in [-0.3, -0.25) is 0 Å². The van der Waals surface area contributed by atoms with Crippen molar-refractivity contribution < 1.29 is 0 Å². The molecule has 0 aromatic rings. The number of nitrogens with zero attached hydrogens (tertiary/aromatic N) is 1.